The second-order valence-corrected chi connectivity index (χ2v) is 6.49. The number of piperazine rings is 1. The molecule has 0 bridgehead atoms. The summed E-state index contributed by atoms with van der Waals surface area (Å²) in [6.07, 6.45) is 3.89. The van der Waals surface area contributed by atoms with E-state index >= 15 is 0 Å². The van der Waals surface area contributed by atoms with Crippen LogP contribution in [0.25, 0.3) is 0 Å². The zero-order valence-electron chi connectivity index (χ0n) is 13.0. The minimum absolute atomic E-state index is 0.806. The summed E-state index contributed by atoms with van der Waals surface area (Å²) < 4.78 is 0. The van der Waals surface area contributed by atoms with Gasteiger partial charge in [0, 0.05) is 56.7 Å². The maximum absolute atomic E-state index is 5.94. The summed E-state index contributed by atoms with van der Waals surface area (Å²) in [5.41, 5.74) is 3.88. The summed E-state index contributed by atoms with van der Waals surface area (Å²) >= 11 is 5.94. The molecule has 1 saturated heterocycles. The van der Waals surface area contributed by atoms with E-state index < -0.39 is 0 Å². The molecule has 3 rings (SSSR count). The molecule has 0 atom stereocenters. The second kappa shape index (κ2) is 7.23. The van der Waals surface area contributed by atoms with E-state index in [0.29, 0.717) is 0 Å². The van der Waals surface area contributed by atoms with Gasteiger partial charge in [-0.05, 0) is 35.7 Å². The fraction of sp³-hybridized carbons (Fsp3) is 0.389. The molecule has 2 heterocycles. The largest absolute Gasteiger partial charge is 0.297 e. The number of hydrogen-bond donors (Lipinski definition) is 0. The van der Waals surface area contributed by atoms with Crippen molar-refractivity contribution in [2.45, 2.75) is 20.0 Å². The van der Waals surface area contributed by atoms with Crippen LogP contribution in [-0.4, -0.2) is 41.0 Å². The minimum Gasteiger partial charge on any atom is -0.297 e. The number of hydrogen-bond acceptors (Lipinski definition) is 3. The number of benzene rings is 1. The third-order valence-electron chi connectivity index (χ3n) is 4.12. The Morgan fingerprint density at radius 3 is 2.09 bits per heavy atom. The van der Waals surface area contributed by atoms with Crippen LogP contribution in [-0.2, 0) is 13.1 Å². The fourth-order valence-corrected chi connectivity index (χ4v) is 3.04. The Balaban J connectivity index is 1.49. The van der Waals surface area contributed by atoms with Crippen LogP contribution in [0, 0.1) is 6.92 Å². The fourth-order valence-electron chi connectivity index (χ4n) is 2.92. The first-order valence-electron chi connectivity index (χ1n) is 7.79. The number of pyridine rings is 1. The van der Waals surface area contributed by atoms with Gasteiger partial charge in [0.1, 0.15) is 0 Å². The SMILES string of the molecule is Cc1cncc(CN2CCN(Cc3ccc(Cl)cc3)CC2)c1. The lowest BCUT2D eigenvalue weighted by Crippen LogP contribution is -2.45. The van der Waals surface area contributed by atoms with E-state index in [9.17, 15) is 0 Å². The van der Waals surface area contributed by atoms with Gasteiger partial charge in [-0.1, -0.05) is 29.8 Å². The van der Waals surface area contributed by atoms with Crippen molar-refractivity contribution in [2.24, 2.45) is 0 Å². The van der Waals surface area contributed by atoms with Gasteiger partial charge >= 0.3 is 0 Å². The van der Waals surface area contributed by atoms with E-state index in [2.05, 4.69) is 39.9 Å². The highest BCUT2D eigenvalue weighted by Gasteiger charge is 2.17. The molecule has 1 aliphatic rings. The normalized spacial score (nSPS) is 16.8. The molecular formula is C18H22ClN3. The van der Waals surface area contributed by atoms with Crippen molar-refractivity contribution in [1.82, 2.24) is 14.8 Å². The summed E-state index contributed by atoms with van der Waals surface area (Å²) in [4.78, 5) is 9.30. The minimum atomic E-state index is 0.806. The summed E-state index contributed by atoms with van der Waals surface area (Å²) in [5.74, 6) is 0. The van der Waals surface area contributed by atoms with Crippen LogP contribution in [0.4, 0.5) is 0 Å². The average Bonchev–Trinajstić information content (AvgIpc) is 2.52. The first-order chi connectivity index (χ1) is 10.7. The summed E-state index contributed by atoms with van der Waals surface area (Å²) in [5, 5.41) is 0.806. The smallest absolute Gasteiger partial charge is 0.0406 e. The molecule has 4 heteroatoms. The standard InChI is InChI=1S/C18H22ClN3/c1-15-10-17(12-20-11-15)14-22-8-6-21(7-9-22)13-16-2-4-18(19)5-3-16/h2-5,10-12H,6-9,13-14H2,1H3. The van der Waals surface area contributed by atoms with Gasteiger partial charge in [-0.2, -0.15) is 0 Å². The molecule has 1 aliphatic heterocycles. The lowest BCUT2D eigenvalue weighted by atomic mass is 10.1. The zero-order valence-corrected chi connectivity index (χ0v) is 13.8. The van der Waals surface area contributed by atoms with E-state index in [-0.39, 0.29) is 0 Å². The van der Waals surface area contributed by atoms with Crippen molar-refractivity contribution in [3.05, 3.63) is 64.4 Å². The van der Waals surface area contributed by atoms with Gasteiger partial charge in [0.15, 0.2) is 0 Å². The zero-order chi connectivity index (χ0) is 15.4. The third kappa shape index (κ3) is 4.29. The van der Waals surface area contributed by atoms with Crippen LogP contribution in [0.2, 0.25) is 5.02 Å². The van der Waals surface area contributed by atoms with Crippen molar-refractivity contribution in [3.63, 3.8) is 0 Å². The van der Waals surface area contributed by atoms with Crippen LogP contribution in [0.15, 0.2) is 42.7 Å². The molecule has 0 aliphatic carbocycles. The molecule has 0 amide bonds. The molecule has 1 aromatic heterocycles. The number of nitrogens with zero attached hydrogens (tertiary/aromatic N) is 3. The Bertz CT molecular complexity index is 604. The maximum atomic E-state index is 5.94. The molecule has 0 saturated carbocycles. The highest BCUT2D eigenvalue weighted by Crippen LogP contribution is 2.14. The Morgan fingerprint density at radius 2 is 1.50 bits per heavy atom. The predicted molar refractivity (Wildman–Crippen MR) is 91.0 cm³/mol. The molecular weight excluding hydrogens is 294 g/mol. The van der Waals surface area contributed by atoms with Crippen LogP contribution >= 0.6 is 11.6 Å². The molecule has 0 spiro atoms. The monoisotopic (exact) mass is 315 g/mol. The van der Waals surface area contributed by atoms with Crippen molar-refractivity contribution in [3.8, 4) is 0 Å². The Labute approximate surface area is 137 Å². The Hall–Kier alpha value is -1.42. The summed E-state index contributed by atoms with van der Waals surface area (Å²) in [7, 11) is 0. The van der Waals surface area contributed by atoms with Crippen molar-refractivity contribution >= 4 is 11.6 Å². The van der Waals surface area contributed by atoms with Crippen molar-refractivity contribution in [1.29, 1.82) is 0 Å². The first kappa shape index (κ1) is 15.5. The van der Waals surface area contributed by atoms with Crippen LogP contribution in [0.1, 0.15) is 16.7 Å². The van der Waals surface area contributed by atoms with Crippen molar-refractivity contribution in [2.75, 3.05) is 26.2 Å². The molecule has 2 aromatic rings. The molecule has 3 nitrogen and oxygen atoms in total. The third-order valence-corrected chi connectivity index (χ3v) is 4.37. The van der Waals surface area contributed by atoms with E-state index in [0.717, 1.165) is 44.3 Å². The number of aromatic nitrogens is 1. The van der Waals surface area contributed by atoms with Gasteiger partial charge in [0.05, 0.1) is 0 Å². The van der Waals surface area contributed by atoms with E-state index in [1.807, 2.05) is 24.5 Å². The van der Waals surface area contributed by atoms with Crippen LogP contribution in [0.3, 0.4) is 0 Å². The van der Waals surface area contributed by atoms with Gasteiger partial charge in [-0.15, -0.1) is 0 Å². The highest BCUT2D eigenvalue weighted by molar-refractivity contribution is 6.30. The second-order valence-electron chi connectivity index (χ2n) is 6.05. The van der Waals surface area contributed by atoms with Gasteiger partial charge in [0.25, 0.3) is 0 Å². The van der Waals surface area contributed by atoms with E-state index in [1.54, 1.807) is 0 Å². The Kier molecular flexibility index (Phi) is 5.08. The van der Waals surface area contributed by atoms with Gasteiger partial charge < -0.3 is 0 Å². The molecule has 22 heavy (non-hydrogen) atoms. The lowest BCUT2D eigenvalue weighted by Gasteiger charge is -2.34. The lowest BCUT2D eigenvalue weighted by molar-refractivity contribution is 0.122. The van der Waals surface area contributed by atoms with Gasteiger partial charge in [-0.3, -0.25) is 14.8 Å². The predicted octanol–water partition coefficient (Wildman–Crippen LogP) is 3.36. The topological polar surface area (TPSA) is 19.4 Å². The van der Waals surface area contributed by atoms with Crippen molar-refractivity contribution < 1.29 is 0 Å². The van der Waals surface area contributed by atoms with Gasteiger partial charge in [-0.25, -0.2) is 0 Å². The van der Waals surface area contributed by atoms with Gasteiger partial charge in [0.2, 0.25) is 0 Å². The van der Waals surface area contributed by atoms with E-state index in [4.69, 9.17) is 11.6 Å². The van der Waals surface area contributed by atoms with Crippen LogP contribution < -0.4 is 0 Å². The van der Waals surface area contributed by atoms with Crippen LogP contribution in [0.5, 0.6) is 0 Å². The Morgan fingerprint density at radius 1 is 0.909 bits per heavy atom. The number of aryl methyl sites for hydroxylation is 1. The molecule has 0 radical (unpaired) electrons. The summed E-state index contributed by atoms with van der Waals surface area (Å²) in [6.45, 7) is 8.56. The quantitative estimate of drug-likeness (QED) is 0.862. The highest BCUT2D eigenvalue weighted by atomic mass is 35.5. The summed E-state index contributed by atoms with van der Waals surface area (Å²) in [6, 6.07) is 10.4. The number of halogens is 1. The average molecular weight is 316 g/mol. The molecule has 1 fully saturated rings. The van der Waals surface area contributed by atoms with E-state index in [1.165, 1.54) is 16.7 Å². The first-order valence-corrected chi connectivity index (χ1v) is 8.16. The molecule has 0 N–H and O–H groups in total. The maximum Gasteiger partial charge on any atom is 0.0406 e. The molecule has 1 aromatic carbocycles. The molecule has 0 unspecified atom stereocenters. The number of rotatable bonds is 4. The molecule has 116 valence electrons.